The second-order valence-electron chi connectivity index (χ2n) is 5.54. The van der Waals surface area contributed by atoms with Crippen molar-refractivity contribution in [1.82, 2.24) is 4.98 Å². The molecule has 0 saturated carbocycles. The van der Waals surface area contributed by atoms with E-state index in [0.717, 1.165) is 48.2 Å². The summed E-state index contributed by atoms with van der Waals surface area (Å²) in [4.78, 5) is 6.69. The van der Waals surface area contributed by atoms with Crippen molar-refractivity contribution in [3.63, 3.8) is 0 Å². The molecule has 0 amide bonds. The lowest BCUT2D eigenvalue weighted by molar-refractivity contribution is 0.244. The molecule has 1 aromatic carbocycles. The largest absolute Gasteiger partial charge is 0.396 e. The number of pyridine rings is 1. The lowest BCUT2D eigenvalue weighted by atomic mass is 9.94. The third-order valence-corrected chi connectivity index (χ3v) is 4.20. The van der Waals surface area contributed by atoms with Crippen molar-refractivity contribution in [2.75, 3.05) is 30.3 Å². The zero-order valence-electron chi connectivity index (χ0n) is 11.6. The predicted molar refractivity (Wildman–Crippen MR) is 82.8 cm³/mol. The summed E-state index contributed by atoms with van der Waals surface area (Å²) in [5.41, 5.74) is 9.20. The van der Waals surface area contributed by atoms with Crippen LogP contribution in [0, 0.1) is 5.92 Å². The molecule has 1 unspecified atom stereocenters. The van der Waals surface area contributed by atoms with E-state index in [-0.39, 0.29) is 6.61 Å². The number of anilines is 2. The first-order valence-corrected chi connectivity index (χ1v) is 7.28. The fourth-order valence-corrected chi connectivity index (χ4v) is 3.14. The van der Waals surface area contributed by atoms with Crippen LogP contribution in [0.2, 0.25) is 0 Å². The summed E-state index contributed by atoms with van der Waals surface area (Å²) in [6.45, 7) is 2.30. The Morgan fingerprint density at radius 3 is 3.10 bits per heavy atom. The van der Waals surface area contributed by atoms with Gasteiger partial charge in [-0.2, -0.15) is 0 Å². The van der Waals surface area contributed by atoms with Crippen LogP contribution in [0.5, 0.6) is 0 Å². The van der Waals surface area contributed by atoms with Crippen LogP contribution < -0.4 is 10.6 Å². The molecule has 20 heavy (non-hydrogen) atoms. The van der Waals surface area contributed by atoms with E-state index in [0.29, 0.717) is 5.92 Å². The van der Waals surface area contributed by atoms with Crippen molar-refractivity contribution in [3.8, 4) is 0 Å². The molecule has 2 heterocycles. The van der Waals surface area contributed by atoms with Crippen molar-refractivity contribution in [2.45, 2.75) is 19.3 Å². The Kier molecular flexibility index (Phi) is 3.74. The number of fused-ring (bicyclic) bond motifs is 1. The van der Waals surface area contributed by atoms with Crippen molar-refractivity contribution >= 4 is 22.3 Å². The zero-order valence-corrected chi connectivity index (χ0v) is 11.6. The number of piperidine rings is 1. The standard InChI is InChI=1S/C16H21N3O/c17-16-13-4-1-8-18-14(13)5-6-15(16)19-9-2-3-12(11-19)7-10-20/h1,4-6,8,12,20H,2-3,7,9-11,17H2. The molecule has 1 saturated heterocycles. The zero-order chi connectivity index (χ0) is 13.9. The van der Waals surface area contributed by atoms with E-state index in [1.54, 1.807) is 6.20 Å². The summed E-state index contributed by atoms with van der Waals surface area (Å²) in [5.74, 6) is 0.567. The average Bonchev–Trinajstić information content (AvgIpc) is 2.48. The first-order valence-electron chi connectivity index (χ1n) is 7.28. The van der Waals surface area contributed by atoms with Gasteiger partial charge in [0.25, 0.3) is 0 Å². The number of aliphatic hydroxyl groups excluding tert-OH is 1. The fraction of sp³-hybridized carbons (Fsp3) is 0.438. The Morgan fingerprint density at radius 2 is 2.25 bits per heavy atom. The third-order valence-electron chi connectivity index (χ3n) is 4.20. The minimum atomic E-state index is 0.273. The van der Waals surface area contributed by atoms with Gasteiger partial charge in [0.05, 0.1) is 16.9 Å². The Labute approximate surface area is 119 Å². The Morgan fingerprint density at radius 1 is 1.35 bits per heavy atom. The second kappa shape index (κ2) is 5.67. The summed E-state index contributed by atoms with van der Waals surface area (Å²) in [5, 5.41) is 10.1. The summed E-state index contributed by atoms with van der Waals surface area (Å²) < 4.78 is 0. The van der Waals surface area contributed by atoms with Gasteiger partial charge in [0.15, 0.2) is 0 Å². The molecular formula is C16H21N3O. The van der Waals surface area contributed by atoms with Gasteiger partial charge >= 0.3 is 0 Å². The van der Waals surface area contributed by atoms with Crippen LogP contribution >= 0.6 is 0 Å². The van der Waals surface area contributed by atoms with Gasteiger partial charge < -0.3 is 15.7 Å². The van der Waals surface area contributed by atoms with Gasteiger partial charge in [-0.1, -0.05) is 0 Å². The van der Waals surface area contributed by atoms with Crippen molar-refractivity contribution in [3.05, 3.63) is 30.5 Å². The maximum absolute atomic E-state index is 9.12. The number of benzene rings is 1. The maximum Gasteiger partial charge on any atom is 0.0724 e. The van der Waals surface area contributed by atoms with Crippen LogP contribution in [0.4, 0.5) is 11.4 Å². The highest BCUT2D eigenvalue weighted by Gasteiger charge is 2.21. The maximum atomic E-state index is 9.12. The van der Waals surface area contributed by atoms with Crippen LogP contribution in [0.1, 0.15) is 19.3 Å². The van der Waals surface area contributed by atoms with E-state index in [4.69, 9.17) is 10.8 Å². The van der Waals surface area contributed by atoms with Gasteiger partial charge in [0, 0.05) is 31.3 Å². The highest BCUT2D eigenvalue weighted by molar-refractivity contribution is 5.97. The molecule has 2 aromatic rings. The Hall–Kier alpha value is -1.81. The molecule has 4 heteroatoms. The van der Waals surface area contributed by atoms with E-state index in [1.165, 1.54) is 6.42 Å². The number of aromatic nitrogens is 1. The molecule has 0 spiro atoms. The molecule has 106 valence electrons. The molecular weight excluding hydrogens is 250 g/mol. The number of nitrogen functional groups attached to an aromatic ring is 1. The average molecular weight is 271 g/mol. The van der Waals surface area contributed by atoms with Gasteiger partial charge in [0.1, 0.15) is 0 Å². The molecule has 1 aliphatic rings. The SMILES string of the molecule is Nc1c(N2CCCC(CCO)C2)ccc2ncccc12. The third kappa shape index (κ3) is 2.43. The molecule has 3 rings (SSSR count). The smallest absolute Gasteiger partial charge is 0.0724 e. The molecule has 1 aliphatic heterocycles. The number of nitrogens with two attached hydrogens (primary N) is 1. The molecule has 0 radical (unpaired) electrons. The van der Waals surface area contributed by atoms with Gasteiger partial charge in [0.2, 0.25) is 0 Å². The van der Waals surface area contributed by atoms with E-state index in [9.17, 15) is 0 Å². The Bertz CT molecular complexity index is 597. The van der Waals surface area contributed by atoms with Gasteiger partial charge in [-0.05, 0) is 49.4 Å². The first kappa shape index (κ1) is 13.2. The summed E-state index contributed by atoms with van der Waals surface area (Å²) >= 11 is 0. The van der Waals surface area contributed by atoms with Crippen LogP contribution in [0.15, 0.2) is 30.5 Å². The predicted octanol–water partition coefficient (Wildman–Crippen LogP) is 2.42. The lowest BCUT2D eigenvalue weighted by Gasteiger charge is -2.35. The molecule has 0 bridgehead atoms. The van der Waals surface area contributed by atoms with Crippen molar-refractivity contribution < 1.29 is 5.11 Å². The van der Waals surface area contributed by atoms with Gasteiger partial charge in [-0.15, -0.1) is 0 Å². The normalized spacial score (nSPS) is 19.4. The molecule has 1 fully saturated rings. The van der Waals surface area contributed by atoms with E-state index in [2.05, 4.69) is 16.0 Å². The highest BCUT2D eigenvalue weighted by Crippen LogP contribution is 2.33. The number of aliphatic hydroxyl groups is 1. The quantitative estimate of drug-likeness (QED) is 0.842. The van der Waals surface area contributed by atoms with Crippen LogP contribution in [0.25, 0.3) is 10.9 Å². The molecule has 0 aliphatic carbocycles. The van der Waals surface area contributed by atoms with Gasteiger partial charge in [-0.3, -0.25) is 4.98 Å². The number of rotatable bonds is 3. The molecule has 1 aromatic heterocycles. The fourth-order valence-electron chi connectivity index (χ4n) is 3.14. The van der Waals surface area contributed by atoms with E-state index < -0.39 is 0 Å². The minimum Gasteiger partial charge on any atom is -0.396 e. The first-order chi connectivity index (χ1) is 9.79. The Balaban J connectivity index is 1.91. The highest BCUT2D eigenvalue weighted by atomic mass is 16.3. The lowest BCUT2D eigenvalue weighted by Crippen LogP contribution is -2.36. The van der Waals surface area contributed by atoms with Crippen molar-refractivity contribution in [1.29, 1.82) is 0 Å². The van der Waals surface area contributed by atoms with Crippen LogP contribution in [0.3, 0.4) is 0 Å². The molecule has 4 nitrogen and oxygen atoms in total. The summed E-state index contributed by atoms with van der Waals surface area (Å²) in [6.07, 6.45) is 5.03. The minimum absolute atomic E-state index is 0.273. The molecule has 1 atom stereocenters. The summed E-state index contributed by atoms with van der Waals surface area (Å²) in [6, 6.07) is 8.06. The van der Waals surface area contributed by atoms with E-state index in [1.807, 2.05) is 18.2 Å². The van der Waals surface area contributed by atoms with Crippen molar-refractivity contribution in [2.24, 2.45) is 5.92 Å². The van der Waals surface area contributed by atoms with Crippen LogP contribution in [-0.4, -0.2) is 29.8 Å². The van der Waals surface area contributed by atoms with Crippen LogP contribution in [-0.2, 0) is 0 Å². The van der Waals surface area contributed by atoms with Gasteiger partial charge in [-0.25, -0.2) is 0 Å². The topological polar surface area (TPSA) is 62.4 Å². The summed E-state index contributed by atoms with van der Waals surface area (Å²) in [7, 11) is 0. The number of hydrogen-bond acceptors (Lipinski definition) is 4. The number of nitrogens with zero attached hydrogens (tertiary/aromatic N) is 2. The van der Waals surface area contributed by atoms with E-state index >= 15 is 0 Å². The second-order valence-corrected chi connectivity index (χ2v) is 5.54. The monoisotopic (exact) mass is 271 g/mol. The molecule has 3 N–H and O–H groups in total. The number of hydrogen-bond donors (Lipinski definition) is 2.